The third kappa shape index (κ3) is 6.57. The lowest BCUT2D eigenvalue weighted by molar-refractivity contribution is -0.384. The van der Waals surface area contributed by atoms with Gasteiger partial charge in [0.25, 0.3) is 11.6 Å². The molecular weight excluding hydrogens is 474 g/mol. The summed E-state index contributed by atoms with van der Waals surface area (Å²) >= 11 is 1.66. The Kier molecular flexibility index (Phi) is 8.48. The molecule has 2 amide bonds. The first kappa shape index (κ1) is 25.6. The second-order valence-corrected chi connectivity index (χ2v) is 10.7. The predicted molar refractivity (Wildman–Crippen MR) is 141 cm³/mol. The summed E-state index contributed by atoms with van der Waals surface area (Å²) in [5.74, 6) is -0.458. The minimum atomic E-state index is -0.502. The molecular formula is C28H31N3O4S. The highest BCUT2D eigenvalue weighted by molar-refractivity contribution is 7.11. The SMILES string of the molecule is Cc1ccc(CN(Cc2ccccc2)C(=O)CN(C(=O)c2cccc([N+](=O)[O-])c2)C2CCCCC2)s1. The van der Waals surface area contributed by atoms with Crippen molar-refractivity contribution in [1.29, 1.82) is 0 Å². The molecule has 0 unspecified atom stereocenters. The van der Waals surface area contributed by atoms with E-state index in [1.54, 1.807) is 27.2 Å². The molecule has 0 saturated heterocycles. The summed E-state index contributed by atoms with van der Waals surface area (Å²) in [5, 5.41) is 11.3. The van der Waals surface area contributed by atoms with E-state index in [9.17, 15) is 19.7 Å². The van der Waals surface area contributed by atoms with Crippen molar-refractivity contribution in [2.75, 3.05) is 6.54 Å². The average molecular weight is 506 g/mol. The van der Waals surface area contributed by atoms with Crippen molar-refractivity contribution in [3.05, 3.63) is 97.7 Å². The molecule has 1 aliphatic carbocycles. The van der Waals surface area contributed by atoms with Crippen LogP contribution in [0.25, 0.3) is 0 Å². The molecule has 3 aromatic rings. The topological polar surface area (TPSA) is 83.8 Å². The number of thiophene rings is 1. The van der Waals surface area contributed by atoms with Crippen molar-refractivity contribution in [1.82, 2.24) is 9.80 Å². The third-order valence-corrected chi connectivity index (χ3v) is 7.58. The second-order valence-electron chi connectivity index (χ2n) is 9.28. The van der Waals surface area contributed by atoms with Crippen LogP contribution in [0, 0.1) is 17.0 Å². The van der Waals surface area contributed by atoms with Gasteiger partial charge in [0, 0.05) is 40.0 Å². The number of carbonyl (C=O) groups excluding carboxylic acids is 2. The molecule has 1 aromatic heterocycles. The maximum absolute atomic E-state index is 13.8. The van der Waals surface area contributed by atoms with Crippen LogP contribution >= 0.6 is 11.3 Å². The van der Waals surface area contributed by atoms with Gasteiger partial charge in [-0.25, -0.2) is 0 Å². The zero-order valence-electron chi connectivity index (χ0n) is 20.5. The van der Waals surface area contributed by atoms with Gasteiger partial charge in [0.15, 0.2) is 0 Å². The molecule has 7 nitrogen and oxygen atoms in total. The second kappa shape index (κ2) is 11.9. The zero-order valence-corrected chi connectivity index (χ0v) is 21.3. The molecule has 4 rings (SSSR count). The van der Waals surface area contributed by atoms with Crippen LogP contribution in [0.3, 0.4) is 0 Å². The zero-order chi connectivity index (χ0) is 25.5. The van der Waals surface area contributed by atoms with E-state index >= 15 is 0 Å². The number of benzene rings is 2. The number of nitro groups is 1. The number of hydrogen-bond acceptors (Lipinski definition) is 5. The third-order valence-electron chi connectivity index (χ3n) is 6.60. The molecule has 1 aliphatic rings. The number of aryl methyl sites for hydroxylation is 1. The van der Waals surface area contributed by atoms with Gasteiger partial charge in [0.1, 0.15) is 6.54 Å². The van der Waals surface area contributed by atoms with Crippen LogP contribution in [0.4, 0.5) is 5.69 Å². The van der Waals surface area contributed by atoms with Gasteiger partial charge in [-0.05, 0) is 43.5 Å². The molecule has 1 saturated carbocycles. The Bertz CT molecular complexity index is 1200. The maximum atomic E-state index is 13.8. The van der Waals surface area contributed by atoms with Crippen LogP contribution in [0.2, 0.25) is 0 Å². The summed E-state index contributed by atoms with van der Waals surface area (Å²) < 4.78 is 0. The van der Waals surface area contributed by atoms with Crippen molar-refractivity contribution >= 4 is 28.8 Å². The highest BCUT2D eigenvalue weighted by Crippen LogP contribution is 2.26. The van der Waals surface area contributed by atoms with Crippen molar-refractivity contribution in [2.45, 2.75) is 58.2 Å². The van der Waals surface area contributed by atoms with Crippen LogP contribution < -0.4 is 0 Å². The van der Waals surface area contributed by atoms with E-state index < -0.39 is 4.92 Å². The Morgan fingerprint density at radius 3 is 2.39 bits per heavy atom. The van der Waals surface area contributed by atoms with Gasteiger partial charge in [-0.1, -0.05) is 55.7 Å². The van der Waals surface area contributed by atoms with Gasteiger partial charge in [0.2, 0.25) is 5.91 Å². The van der Waals surface area contributed by atoms with E-state index in [1.807, 2.05) is 49.4 Å². The molecule has 36 heavy (non-hydrogen) atoms. The predicted octanol–water partition coefficient (Wildman–Crippen LogP) is 5.97. The Labute approximate surface area is 215 Å². The molecule has 0 N–H and O–H groups in total. The molecule has 1 heterocycles. The number of carbonyl (C=O) groups is 2. The molecule has 0 atom stereocenters. The van der Waals surface area contributed by atoms with E-state index in [-0.39, 0.29) is 35.7 Å². The highest BCUT2D eigenvalue weighted by atomic mass is 32.1. The van der Waals surface area contributed by atoms with Gasteiger partial charge in [-0.2, -0.15) is 0 Å². The monoisotopic (exact) mass is 505 g/mol. The summed E-state index contributed by atoms with van der Waals surface area (Å²) in [7, 11) is 0. The van der Waals surface area contributed by atoms with Gasteiger partial charge < -0.3 is 9.80 Å². The van der Waals surface area contributed by atoms with Crippen LogP contribution in [0.1, 0.15) is 57.8 Å². The molecule has 2 aromatic carbocycles. The van der Waals surface area contributed by atoms with Crippen molar-refractivity contribution in [2.24, 2.45) is 0 Å². The molecule has 0 aliphatic heterocycles. The minimum absolute atomic E-state index is 0.0522. The van der Waals surface area contributed by atoms with Crippen molar-refractivity contribution < 1.29 is 14.5 Å². The largest absolute Gasteiger partial charge is 0.332 e. The Hall–Kier alpha value is -3.52. The fraction of sp³-hybridized carbons (Fsp3) is 0.357. The number of hydrogen-bond donors (Lipinski definition) is 0. The Morgan fingerprint density at radius 1 is 0.972 bits per heavy atom. The summed E-state index contributed by atoms with van der Waals surface area (Å²) in [6.45, 7) is 2.90. The van der Waals surface area contributed by atoms with Gasteiger partial charge in [-0.15, -0.1) is 11.3 Å². The van der Waals surface area contributed by atoms with Crippen molar-refractivity contribution in [3.8, 4) is 0 Å². The van der Waals surface area contributed by atoms with E-state index in [0.29, 0.717) is 13.1 Å². The van der Waals surface area contributed by atoms with Crippen LogP contribution in [0.15, 0.2) is 66.7 Å². The average Bonchev–Trinajstić information content (AvgIpc) is 3.32. The summed E-state index contributed by atoms with van der Waals surface area (Å²) in [6, 6.07) is 19.7. The van der Waals surface area contributed by atoms with Gasteiger partial charge in [-0.3, -0.25) is 19.7 Å². The smallest absolute Gasteiger partial charge is 0.270 e. The minimum Gasteiger partial charge on any atom is -0.332 e. The Morgan fingerprint density at radius 2 is 1.72 bits per heavy atom. The first-order valence-corrected chi connectivity index (χ1v) is 13.1. The van der Waals surface area contributed by atoms with Crippen LogP contribution in [-0.4, -0.2) is 39.1 Å². The quantitative estimate of drug-likeness (QED) is 0.265. The number of amides is 2. The first-order chi connectivity index (χ1) is 17.4. The van der Waals surface area contributed by atoms with Crippen LogP contribution in [-0.2, 0) is 17.9 Å². The van der Waals surface area contributed by atoms with Gasteiger partial charge >= 0.3 is 0 Å². The summed E-state index contributed by atoms with van der Waals surface area (Å²) in [5.41, 5.74) is 1.13. The first-order valence-electron chi connectivity index (χ1n) is 12.3. The molecule has 188 valence electrons. The number of non-ortho nitro benzene ring substituents is 1. The van der Waals surface area contributed by atoms with E-state index in [0.717, 1.165) is 42.5 Å². The molecule has 0 bridgehead atoms. The fourth-order valence-corrected chi connectivity index (χ4v) is 5.62. The molecule has 1 fully saturated rings. The molecule has 0 spiro atoms. The fourth-order valence-electron chi connectivity index (χ4n) is 4.72. The van der Waals surface area contributed by atoms with E-state index in [2.05, 4.69) is 0 Å². The maximum Gasteiger partial charge on any atom is 0.270 e. The Balaban J connectivity index is 1.60. The number of rotatable bonds is 9. The lowest BCUT2D eigenvalue weighted by Crippen LogP contribution is -2.48. The summed E-state index contributed by atoms with van der Waals surface area (Å²) in [4.78, 5) is 43.9. The lowest BCUT2D eigenvalue weighted by atomic mass is 9.93. The number of nitro benzene ring substituents is 1. The van der Waals surface area contributed by atoms with Gasteiger partial charge in [0.05, 0.1) is 11.5 Å². The molecule has 8 heteroatoms. The molecule has 0 radical (unpaired) electrons. The van der Waals surface area contributed by atoms with Crippen molar-refractivity contribution in [3.63, 3.8) is 0 Å². The normalized spacial score (nSPS) is 13.8. The summed E-state index contributed by atoms with van der Waals surface area (Å²) in [6.07, 6.45) is 4.77. The van der Waals surface area contributed by atoms with Crippen LogP contribution in [0.5, 0.6) is 0 Å². The number of nitrogens with zero attached hydrogens (tertiary/aromatic N) is 3. The standard InChI is InChI=1S/C28H31N3O4S/c1-21-15-16-26(36-21)19-29(18-22-9-4-2-5-10-22)27(32)20-30(24-12-6-3-7-13-24)28(33)23-11-8-14-25(17-23)31(34)35/h2,4-5,8-11,14-17,24H,3,6-7,12-13,18-20H2,1H3. The lowest BCUT2D eigenvalue weighted by Gasteiger charge is -2.35. The van der Waals surface area contributed by atoms with E-state index in [1.165, 1.54) is 23.1 Å². The highest BCUT2D eigenvalue weighted by Gasteiger charge is 2.30. The van der Waals surface area contributed by atoms with E-state index in [4.69, 9.17) is 0 Å².